The van der Waals surface area contributed by atoms with Crippen LogP contribution in [0.4, 0.5) is 0 Å². The first-order valence-electron chi connectivity index (χ1n) is 13.0. The fourth-order valence-electron chi connectivity index (χ4n) is 4.69. The second kappa shape index (κ2) is 12.7. The predicted octanol–water partition coefficient (Wildman–Crippen LogP) is 9.15. The van der Waals surface area contributed by atoms with E-state index in [1.807, 2.05) is 79.0 Å². The molecular weight excluding hydrogens is 669 g/mol. The number of benzene rings is 4. The third kappa shape index (κ3) is 5.94. The molecule has 1 radical (unpaired) electrons. The zero-order chi connectivity index (χ0) is 26.4. The van der Waals surface area contributed by atoms with E-state index in [0.717, 1.165) is 44.5 Å². The molecule has 0 amide bonds. The van der Waals surface area contributed by atoms with Crippen molar-refractivity contribution < 1.29 is 24.5 Å². The minimum absolute atomic E-state index is 0. The molecule has 3 aromatic heterocycles. The molecule has 7 aromatic rings. The van der Waals surface area contributed by atoms with Crippen LogP contribution in [0.1, 0.15) is 24.0 Å². The molecule has 0 spiro atoms. The zero-order valence-electron chi connectivity index (χ0n) is 21.9. The molecule has 0 aliphatic rings. The van der Waals surface area contributed by atoms with Gasteiger partial charge in [-0.05, 0) is 40.7 Å². The monoisotopic (exact) mass is 695 g/mol. The van der Waals surface area contributed by atoms with Gasteiger partial charge in [0.15, 0.2) is 0 Å². The Labute approximate surface area is 247 Å². The van der Waals surface area contributed by atoms with Gasteiger partial charge in [0.05, 0.1) is 5.58 Å². The van der Waals surface area contributed by atoms with Crippen molar-refractivity contribution in [1.82, 2.24) is 9.97 Å². The van der Waals surface area contributed by atoms with E-state index >= 15 is 0 Å². The summed E-state index contributed by atoms with van der Waals surface area (Å²) >= 11 is 0. The van der Waals surface area contributed by atoms with Gasteiger partial charge in [0.25, 0.3) is 0 Å². The third-order valence-corrected chi connectivity index (χ3v) is 6.82. The van der Waals surface area contributed by atoms with Crippen molar-refractivity contribution in [2.24, 2.45) is 0 Å². The standard InChI is InChI=1S/C25H18NO.C11H8N.Ir/c1-17(18-7-3-2-4-8-18)19-13-14-26-23(16-19)20-11-12-25-22(15-20)21-9-5-6-10-24(21)27-25;1-2-6-10(7-3-1)11-8-4-5-9-12-11;/h2-10,12-17H,1H3;1-6,8-9H;/q2*-1;. The average molecular weight is 695 g/mol. The number of hydrogen-bond donors (Lipinski definition) is 0. The molecule has 0 bridgehead atoms. The van der Waals surface area contributed by atoms with E-state index < -0.39 is 0 Å². The Balaban J connectivity index is 0.000000209. The van der Waals surface area contributed by atoms with Gasteiger partial charge in [-0.1, -0.05) is 79.0 Å². The van der Waals surface area contributed by atoms with E-state index in [0.29, 0.717) is 5.92 Å². The topological polar surface area (TPSA) is 38.9 Å². The molecular formula is C36H26IrN2O-2. The van der Waals surface area contributed by atoms with E-state index in [-0.39, 0.29) is 20.1 Å². The molecule has 1 unspecified atom stereocenters. The van der Waals surface area contributed by atoms with Crippen LogP contribution >= 0.6 is 0 Å². The zero-order valence-corrected chi connectivity index (χ0v) is 24.3. The molecule has 7 rings (SSSR count). The Hall–Kier alpha value is -4.37. The average Bonchev–Trinajstić information content (AvgIpc) is 3.40. The molecule has 0 saturated carbocycles. The number of furan rings is 1. The summed E-state index contributed by atoms with van der Waals surface area (Å²) in [5.41, 5.74) is 8.23. The minimum Gasteiger partial charge on any atom is -0.500 e. The van der Waals surface area contributed by atoms with Gasteiger partial charge in [0.1, 0.15) is 5.58 Å². The third-order valence-electron chi connectivity index (χ3n) is 6.82. The molecule has 0 saturated heterocycles. The summed E-state index contributed by atoms with van der Waals surface area (Å²) in [6.45, 7) is 2.23. The van der Waals surface area contributed by atoms with Crippen LogP contribution in [0.2, 0.25) is 0 Å². The maximum absolute atomic E-state index is 5.91. The Morgan fingerprint density at radius 2 is 1.38 bits per heavy atom. The maximum Gasteiger partial charge on any atom is 0.120 e. The summed E-state index contributed by atoms with van der Waals surface area (Å²) < 4.78 is 5.91. The molecule has 0 aliphatic heterocycles. The predicted molar refractivity (Wildman–Crippen MR) is 158 cm³/mol. The number of nitrogens with zero attached hydrogens (tertiary/aromatic N) is 2. The molecule has 4 heteroatoms. The van der Waals surface area contributed by atoms with Gasteiger partial charge >= 0.3 is 0 Å². The number of rotatable bonds is 4. The molecule has 3 nitrogen and oxygen atoms in total. The second-order valence-electron chi connectivity index (χ2n) is 9.32. The smallest absolute Gasteiger partial charge is 0.120 e. The molecule has 0 N–H and O–H groups in total. The van der Waals surface area contributed by atoms with Crippen molar-refractivity contribution in [1.29, 1.82) is 0 Å². The number of pyridine rings is 2. The number of aromatic nitrogens is 2. The molecule has 1 atom stereocenters. The van der Waals surface area contributed by atoms with Gasteiger partial charge in [-0.15, -0.1) is 59.7 Å². The summed E-state index contributed by atoms with van der Waals surface area (Å²) in [5, 5.41) is 2.22. The van der Waals surface area contributed by atoms with Gasteiger partial charge < -0.3 is 14.4 Å². The Morgan fingerprint density at radius 1 is 0.600 bits per heavy atom. The Bertz CT molecular complexity index is 1780. The van der Waals surface area contributed by atoms with Crippen molar-refractivity contribution in [3.63, 3.8) is 0 Å². The SMILES string of the molecule is CC(c1ccccc1)c1ccnc(-c2[c-]cc3oc4ccccc4c3c2)c1.[Ir].[c-]1ccccc1-c1ccccn1. The van der Waals surface area contributed by atoms with Crippen molar-refractivity contribution in [2.75, 3.05) is 0 Å². The van der Waals surface area contributed by atoms with Crippen LogP contribution in [-0.2, 0) is 20.1 Å². The quantitative estimate of drug-likeness (QED) is 0.173. The second-order valence-corrected chi connectivity index (χ2v) is 9.32. The summed E-state index contributed by atoms with van der Waals surface area (Å²) in [4.78, 5) is 8.81. The summed E-state index contributed by atoms with van der Waals surface area (Å²) in [6.07, 6.45) is 3.67. The molecule has 0 fully saturated rings. The van der Waals surface area contributed by atoms with Crippen LogP contribution in [0.15, 0.2) is 138 Å². The number of fused-ring (bicyclic) bond motifs is 3. The molecule has 40 heavy (non-hydrogen) atoms. The Kier molecular flexibility index (Phi) is 8.61. The summed E-state index contributed by atoms with van der Waals surface area (Å²) in [5.74, 6) is 0.312. The van der Waals surface area contributed by atoms with Crippen LogP contribution in [0, 0.1) is 12.1 Å². The van der Waals surface area contributed by atoms with Gasteiger partial charge in [0.2, 0.25) is 0 Å². The van der Waals surface area contributed by atoms with Crippen LogP contribution in [0.25, 0.3) is 44.5 Å². The molecule has 0 aliphatic carbocycles. The van der Waals surface area contributed by atoms with E-state index in [4.69, 9.17) is 4.42 Å². The molecule has 197 valence electrons. The van der Waals surface area contributed by atoms with Crippen LogP contribution in [0.3, 0.4) is 0 Å². The van der Waals surface area contributed by atoms with E-state index in [2.05, 4.69) is 77.6 Å². The van der Waals surface area contributed by atoms with Gasteiger partial charge in [0, 0.05) is 43.8 Å². The van der Waals surface area contributed by atoms with Crippen LogP contribution in [-0.4, -0.2) is 9.97 Å². The van der Waals surface area contributed by atoms with Crippen molar-refractivity contribution >= 4 is 21.9 Å². The minimum atomic E-state index is 0. The molecule has 3 heterocycles. The number of para-hydroxylation sites is 1. The summed E-state index contributed by atoms with van der Waals surface area (Å²) in [6, 6.07) is 47.1. The maximum atomic E-state index is 5.91. The van der Waals surface area contributed by atoms with Gasteiger partial charge in [-0.2, -0.15) is 0 Å². The van der Waals surface area contributed by atoms with E-state index in [1.54, 1.807) is 6.20 Å². The van der Waals surface area contributed by atoms with E-state index in [9.17, 15) is 0 Å². The first-order chi connectivity index (χ1) is 19.3. The van der Waals surface area contributed by atoms with Crippen molar-refractivity contribution in [2.45, 2.75) is 12.8 Å². The first kappa shape index (κ1) is 27.2. The fraction of sp³-hybridized carbons (Fsp3) is 0.0556. The van der Waals surface area contributed by atoms with Gasteiger partial charge in [-0.25, -0.2) is 0 Å². The van der Waals surface area contributed by atoms with E-state index in [1.165, 1.54) is 11.1 Å². The van der Waals surface area contributed by atoms with Crippen LogP contribution < -0.4 is 0 Å². The normalized spacial score (nSPS) is 11.3. The Morgan fingerprint density at radius 3 is 2.17 bits per heavy atom. The first-order valence-corrected chi connectivity index (χ1v) is 13.0. The largest absolute Gasteiger partial charge is 0.500 e. The van der Waals surface area contributed by atoms with Crippen molar-refractivity contribution in [3.05, 3.63) is 157 Å². The number of hydrogen-bond acceptors (Lipinski definition) is 3. The van der Waals surface area contributed by atoms with Gasteiger partial charge in [-0.3, -0.25) is 0 Å². The molecule has 4 aromatic carbocycles. The fourth-order valence-corrected chi connectivity index (χ4v) is 4.69. The van der Waals surface area contributed by atoms with Crippen molar-refractivity contribution in [3.8, 4) is 22.5 Å². The summed E-state index contributed by atoms with van der Waals surface area (Å²) in [7, 11) is 0. The van der Waals surface area contributed by atoms with Crippen LogP contribution in [0.5, 0.6) is 0 Å².